The number of amidine groups is 1. The fraction of sp³-hybridized carbons (Fsp3) is 0.250. The van der Waals surface area contributed by atoms with E-state index in [9.17, 15) is 9.59 Å². The molecule has 1 saturated heterocycles. The maximum absolute atomic E-state index is 13.3. The molecule has 2 heterocycles. The van der Waals surface area contributed by atoms with Gasteiger partial charge in [-0.25, -0.2) is 9.79 Å². The van der Waals surface area contributed by atoms with Gasteiger partial charge in [0.15, 0.2) is 5.17 Å². The zero-order valence-electron chi connectivity index (χ0n) is 20.9. The zero-order chi connectivity index (χ0) is 25.7. The van der Waals surface area contributed by atoms with E-state index < -0.39 is 0 Å². The van der Waals surface area contributed by atoms with Crippen LogP contribution in [0.15, 0.2) is 70.6 Å². The first-order valence-corrected chi connectivity index (χ1v) is 12.5. The van der Waals surface area contributed by atoms with E-state index in [4.69, 9.17) is 14.5 Å². The summed E-state index contributed by atoms with van der Waals surface area (Å²) in [6.45, 7) is 6.95. The number of thioether (sulfide) groups is 1. The summed E-state index contributed by atoms with van der Waals surface area (Å²) in [5.74, 6) is -0.445. The lowest BCUT2D eigenvalue weighted by atomic mass is 10.2. The van der Waals surface area contributed by atoms with E-state index >= 15 is 0 Å². The van der Waals surface area contributed by atoms with Gasteiger partial charge in [0.25, 0.3) is 5.91 Å². The monoisotopic (exact) mass is 503 g/mol. The number of carbonyl (C=O) groups is 2. The number of methoxy groups -OCH3 is 1. The van der Waals surface area contributed by atoms with Crippen LogP contribution in [0.25, 0.3) is 11.8 Å². The first kappa shape index (κ1) is 25.5. The molecule has 0 radical (unpaired) electrons. The number of rotatable bonds is 8. The van der Waals surface area contributed by atoms with Gasteiger partial charge in [-0.05, 0) is 80.6 Å². The molecular formula is C28H29N3O4S. The van der Waals surface area contributed by atoms with E-state index in [2.05, 4.69) is 4.57 Å². The third-order valence-electron chi connectivity index (χ3n) is 5.76. The predicted octanol–water partition coefficient (Wildman–Crippen LogP) is 5.52. The fourth-order valence-corrected chi connectivity index (χ4v) is 5.06. The minimum Gasteiger partial charge on any atom is -0.462 e. The van der Waals surface area contributed by atoms with Gasteiger partial charge < -0.3 is 14.0 Å². The number of aryl methyl sites for hydroxylation is 1. The highest BCUT2D eigenvalue weighted by Gasteiger charge is 2.33. The molecule has 1 amide bonds. The predicted molar refractivity (Wildman–Crippen MR) is 144 cm³/mol. The van der Waals surface area contributed by atoms with E-state index in [1.54, 1.807) is 25.0 Å². The van der Waals surface area contributed by atoms with Crippen LogP contribution in [0.1, 0.15) is 34.2 Å². The van der Waals surface area contributed by atoms with Gasteiger partial charge in [0.05, 0.1) is 35.9 Å². The van der Waals surface area contributed by atoms with Crippen molar-refractivity contribution in [2.24, 2.45) is 4.99 Å². The molecule has 3 aromatic rings. The van der Waals surface area contributed by atoms with Crippen LogP contribution in [-0.2, 0) is 14.3 Å². The smallest absolute Gasteiger partial charge is 0.338 e. The molecule has 0 atom stereocenters. The van der Waals surface area contributed by atoms with Gasteiger partial charge in [-0.3, -0.25) is 9.69 Å². The second-order valence-corrected chi connectivity index (χ2v) is 9.23. The quantitative estimate of drug-likeness (QED) is 0.299. The Morgan fingerprint density at radius 3 is 2.58 bits per heavy atom. The number of esters is 1. The molecule has 4 rings (SSSR count). The van der Waals surface area contributed by atoms with E-state index in [0.29, 0.717) is 35.4 Å². The number of nitrogens with zero attached hydrogens (tertiary/aromatic N) is 3. The Morgan fingerprint density at radius 1 is 1.08 bits per heavy atom. The molecule has 0 spiro atoms. The molecule has 1 aliphatic rings. The zero-order valence-corrected chi connectivity index (χ0v) is 21.7. The topological polar surface area (TPSA) is 73.1 Å². The van der Waals surface area contributed by atoms with Crippen molar-refractivity contribution in [3.63, 3.8) is 0 Å². The standard InChI is InChI=1S/C28H29N3O4S/c1-5-35-27(33)21-10-9-13-24(17-21)31-19(2)16-22(20(31)3)18-25-26(32)30(14-15-34-4)28(36-25)29-23-11-7-6-8-12-23/h6-13,16-18H,5,14-15H2,1-4H3/b25-18-,29-28?. The Kier molecular flexibility index (Phi) is 8.07. The number of hydrogen-bond donors (Lipinski definition) is 0. The van der Waals surface area contributed by atoms with Gasteiger partial charge in [0.2, 0.25) is 0 Å². The Labute approximate surface area is 215 Å². The highest BCUT2D eigenvalue weighted by Crippen LogP contribution is 2.35. The van der Waals surface area contributed by atoms with Crippen LogP contribution < -0.4 is 0 Å². The summed E-state index contributed by atoms with van der Waals surface area (Å²) < 4.78 is 12.4. The molecule has 1 fully saturated rings. The van der Waals surface area contributed by atoms with Crippen LogP contribution in [0.5, 0.6) is 0 Å². The molecule has 36 heavy (non-hydrogen) atoms. The number of benzene rings is 2. The largest absolute Gasteiger partial charge is 0.462 e. The van der Waals surface area contributed by atoms with Gasteiger partial charge in [0, 0.05) is 24.2 Å². The third-order valence-corrected chi connectivity index (χ3v) is 6.77. The summed E-state index contributed by atoms with van der Waals surface area (Å²) in [6, 6.07) is 19.0. The summed E-state index contributed by atoms with van der Waals surface area (Å²) in [4.78, 5) is 32.5. The van der Waals surface area contributed by atoms with Gasteiger partial charge in [-0.15, -0.1) is 0 Å². The highest BCUT2D eigenvalue weighted by atomic mass is 32.2. The molecule has 1 aliphatic heterocycles. The minimum atomic E-state index is -0.349. The van der Waals surface area contributed by atoms with Crippen molar-refractivity contribution >= 4 is 40.6 Å². The second kappa shape index (κ2) is 11.4. The summed E-state index contributed by atoms with van der Waals surface area (Å²) in [5.41, 5.74) is 5.03. The van der Waals surface area contributed by atoms with Crippen molar-refractivity contribution in [3.8, 4) is 5.69 Å². The third kappa shape index (κ3) is 5.45. The van der Waals surface area contributed by atoms with Crippen molar-refractivity contribution < 1.29 is 19.1 Å². The number of para-hydroxylation sites is 1. The van der Waals surface area contributed by atoms with Gasteiger partial charge in [0.1, 0.15) is 0 Å². The molecule has 0 saturated carbocycles. The van der Waals surface area contributed by atoms with Crippen molar-refractivity contribution in [3.05, 3.63) is 88.1 Å². The number of carbonyl (C=O) groups excluding carboxylic acids is 2. The van der Waals surface area contributed by atoms with Crippen LogP contribution in [-0.4, -0.2) is 53.4 Å². The number of aliphatic imine (C=N–C) groups is 1. The maximum atomic E-state index is 13.3. The van der Waals surface area contributed by atoms with Gasteiger partial charge in [-0.2, -0.15) is 0 Å². The van der Waals surface area contributed by atoms with Crippen LogP contribution in [0, 0.1) is 13.8 Å². The molecule has 1 aromatic heterocycles. The van der Waals surface area contributed by atoms with Crippen LogP contribution in [0.3, 0.4) is 0 Å². The van der Waals surface area contributed by atoms with E-state index in [0.717, 1.165) is 28.3 Å². The molecule has 2 aromatic carbocycles. The first-order valence-electron chi connectivity index (χ1n) is 11.7. The lowest BCUT2D eigenvalue weighted by molar-refractivity contribution is -0.122. The van der Waals surface area contributed by atoms with Crippen LogP contribution in [0.2, 0.25) is 0 Å². The number of aromatic nitrogens is 1. The Hall–Kier alpha value is -3.62. The van der Waals surface area contributed by atoms with Crippen LogP contribution >= 0.6 is 11.8 Å². The van der Waals surface area contributed by atoms with Crippen molar-refractivity contribution in [2.45, 2.75) is 20.8 Å². The Balaban J connectivity index is 1.68. The first-order chi connectivity index (χ1) is 17.4. The van der Waals surface area contributed by atoms with E-state index in [1.807, 2.05) is 74.5 Å². The van der Waals surface area contributed by atoms with Crippen molar-refractivity contribution in [1.82, 2.24) is 9.47 Å². The summed E-state index contributed by atoms with van der Waals surface area (Å²) >= 11 is 1.36. The van der Waals surface area contributed by atoms with E-state index in [-0.39, 0.29) is 11.9 Å². The van der Waals surface area contributed by atoms with Crippen LogP contribution in [0.4, 0.5) is 5.69 Å². The number of ether oxygens (including phenoxy) is 2. The average Bonchev–Trinajstić information content (AvgIpc) is 3.32. The average molecular weight is 504 g/mol. The molecular weight excluding hydrogens is 474 g/mol. The lowest BCUT2D eigenvalue weighted by Gasteiger charge is -2.14. The molecule has 0 bridgehead atoms. The molecule has 0 aliphatic carbocycles. The van der Waals surface area contributed by atoms with Gasteiger partial charge in [-0.1, -0.05) is 24.3 Å². The number of hydrogen-bond acceptors (Lipinski definition) is 6. The maximum Gasteiger partial charge on any atom is 0.338 e. The summed E-state index contributed by atoms with van der Waals surface area (Å²) in [6.07, 6.45) is 1.91. The fourth-order valence-electron chi connectivity index (χ4n) is 4.04. The minimum absolute atomic E-state index is 0.0964. The van der Waals surface area contributed by atoms with Crippen molar-refractivity contribution in [2.75, 3.05) is 26.9 Å². The summed E-state index contributed by atoms with van der Waals surface area (Å²) in [7, 11) is 1.62. The normalized spacial score (nSPS) is 15.8. The molecule has 7 nitrogen and oxygen atoms in total. The molecule has 186 valence electrons. The highest BCUT2D eigenvalue weighted by molar-refractivity contribution is 8.18. The van der Waals surface area contributed by atoms with Crippen molar-refractivity contribution in [1.29, 1.82) is 0 Å². The Morgan fingerprint density at radius 2 is 1.86 bits per heavy atom. The molecule has 0 N–H and O–H groups in total. The molecule has 8 heteroatoms. The number of amides is 1. The Bertz CT molecular complexity index is 1330. The second-order valence-electron chi connectivity index (χ2n) is 8.22. The summed E-state index contributed by atoms with van der Waals surface area (Å²) in [5, 5.41) is 0.630. The lowest BCUT2D eigenvalue weighted by Crippen LogP contribution is -2.32. The SMILES string of the molecule is CCOC(=O)c1cccc(-n2c(C)cc(/C=C3\SC(=Nc4ccccc4)N(CCOC)C3=O)c2C)c1. The van der Waals surface area contributed by atoms with Gasteiger partial charge >= 0.3 is 5.97 Å². The van der Waals surface area contributed by atoms with E-state index in [1.165, 1.54) is 11.8 Å². The molecule has 0 unspecified atom stereocenters.